The zero-order valence-electron chi connectivity index (χ0n) is 13.8. The average molecular weight is 440 g/mol. The quantitative estimate of drug-likeness (QED) is 0.590. The molecule has 22 heavy (non-hydrogen) atoms. The molecule has 0 bridgehead atoms. The van der Waals surface area contributed by atoms with Crippen LogP contribution in [0.1, 0.15) is 27.7 Å². The van der Waals surface area contributed by atoms with Gasteiger partial charge in [0.1, 0.15) is 8.96 Å². The Morgan fingerprint density at radius 2 is 1.45 bits per heavy atom. The van der Waals surface area contributed by atoms with Crippen molar-refractivity contribution in [1.82, 2.24) is 10.2 Å². The second kappa shape index (κ2) is 7.55. The average Bonchev–Trinajstić information content (AvgIpc) is 2.56. The monoisotopic (exact) mass is 438 g/mol. The first-order chi connectivity index (χ1) is 10.0. The minimum Gasteiger partial charge on any atom is -0.380 e. The number of rotatable bonds is 8. The van der Waals surface area contributed by atoms with Crippen LogP contribution in [0, 0.1) is 10.8 Å². The fourth-order valence-corrected chi connectivity index (χ4v) is 3.03. The number of amides is 2. The van der Waals surface area contributed by atoms with Crippen LogP contribution in [-0.2, 0) is 14.3 Å². The lowest BCUT2D eigenvalue weighted by molar-refractivity contribution is -0.139. The van der Waals surface area contributed by atoms with Gasteiger partial charge in [-0.05, 0) is 38.9 Å². The second-order valence-electron chi connectivity index (χ2n) is 7.18. The maximum absolute atomic E-state index is 12.0. The molecule has 2 amide bonds. The van der Waals surface area contributed by atoms with Crippen LogP contribution in [0.15, 0.2) is 8.96 Å². The SMILES string of the molecule is CNCC(C)(C)COCC(C)(C)CN1C(=O)C(Br)=C(Br)C1=O. The van der Waals surface area contributed by atoms with Crippen molar-refractivity contribution < 1.29 is 14.3 Å². The predicted molar refractivity (Wildman–Crippen MR) is 93.9 cm³/mol. The number of halogens is 2. The van der Waals surface area contributed by atoms with Crippen molar-refractivity contribution in [3.05, 3.63) is 8.96 Å². The molecule has 1 rings (SSSR count). The van der Waals surface area contributed by atoms with Gasteiger partial charge in [-0.3, -0.25) is 14.5 Å². The van der Waals surface area contributed by atoms with Crippen LogP contribution in [0.25, 0.3) is 0 Å². The number of hydrogen-bond donors (Lipinski definition) is 1. The summed E-state index contributed by atoms with van der Waals surface area (Å²) in [6.07, 6.45) is 0. The van der Waals surface area contributed by atoms with E-state index >= 15 is 0 Å². The van der Waals surface area contributed by atoms with Crippen molar-refractivity contribution in [2.24, 2.45) is 10.8 Å². The molecule has 7 heteroatoms. The molecular weight excluding hydrogens is 416 g/mol. The molecule has 1 aliphatic heterocycles. The van der Waals surface area contributed by atoms with Crippen LogP contribution < -0.4 is 5.32 Å². The summed E-state index contributed by atoms with van der Waals surface area (Å²) < 4.78 is 6.39. The van der Waals surface area contributed by atoms with E-state index in [-0.39, 0.29) is 31.6 Å². The molecule has 126 valence electrons. The molecule has 5 nitrogen and oxygen atoms in total. The number of ether oxygens (including phenoxy) is 1. The fourth-order valence-electron chi connectivity index (χ4n) is 2.27. The zero-order valence-corrected chi connectivity index (χ0v) is 16.9. The number of imide groups is 1. The summed E-state index contributed by atoms with van der Waals surface area (Å²) >= 11 is 6.27. The van der Waals surface area contributed by atoms with Crippen LogP contribution in [0.5, 0.6) is 0 Å². The van der Waals surface area contributed by atoms with Gasteiger partial charge in [-0.1, -0.05) is 27.7 Å². The summed E-state index contributed by atoms with van der Waals surface area (Å²) in [7, 11) is 1.92. The third kappa shape index (κ3) is 5.15. The van der Waals surface area contributed by atoms with Gasteiger partial charge >= 0.3 is 0 Å². The van der Waals surface area contributed by atoms with Crippen LogP contribution in [-0.4, -0.2) is 50.1 Å². The lowest BCUT2D eigenvalue weighted by Crippen LogP contribution is -2.42. The van der Waals surface area contributed by atoms with Gasteiger partial charge in [0.25, 0.3) is 11.8 Å². The van der Waals surface area contributed by atoms with Crippen LogP contribution in [0.4, 0.5) is 0 Å². The molecule has 0 aromatic carbocycles. The molecule has 1 heterocycles. The highest BCUT2D eigenvalue weighted by Crippen LogP contribution is 2.32. The van der Waals surface area contributed by atoms with E-state index < -0.39 is 0 Å². The Kier molecular flexibility index (Phi) is 6.80. The molecular formula is C15H24Br2N2O3. The Balaban J connectivity index is 2.55. The summed E-state index contributed by atoms with van der Waals surface area (Å²) in [5, 5.41) is 3.14. The van der Waals surface area contributed by atoms with Crippen molar-refractivity contribution in [3.63, 3.8) is 0 Å². The van der Waals surface area contributed by atoms with E-state index in [9.17, 15) is 9.59 Å². The summed E-state index contributed by atoms with van der Waals surface area (Å²) in [5.74, 6) is -0.610. The van der Waals surface area contributed by atoms with Crippen LogP contribution in [0.3, 0.4) is 0 Å². The molecule has 1 aliphatic rings. The highest BCUT2D eigenvalue weighted by molar-refractivity contribution is 9.14. The van der Waals surface area contributed by atoms with Gasteiger partial charge in [0.15, 0.2) is 0 Å². The van der Waals surface area contributed by atoms with E-state index in [2.05, 4.69) is 51.0 Å². The summed E-state index contributed by atoms with van der Waals surface area (Å²) in [5.41, 5.74) is -0.274. The summed E-state index contributed by atoms with van der Waals surface area (Å²) in [6.45, 7) is 10.5. The maximum atomic E-state index is 12.0. The molecule has 0 aromatic heterocycles. The third-order valence-electron chi connectivity index (χ3n) is 3.29. The van der Waals surface area contributed by atoms with E-state index in [1.807, 2.05) is 20.9 Å². The Morgan fingerprint density at radius 1 is 1.00 bits per heavy atom. The lowest BCUT2D eigenvalue weighted by atomic mass is 9.92. The Bertz CT molecular complexity index is 463. The van der Waals surface area contributed by atoms with Gasteiger partial charge in [0, 0.05) is 23.9 Å². The zero-order chi connectivity index (χ0) is 17.1. The number of hydrogen-bond acceptors (Lipinski definition) is 4. The van der Waals surface area contributed by atoms with Crippen molar-refractivity contribution in [2.45, 2.75) is 27.7 Å². The second-order valence-corrected chi connectivity index (χ2v) is 8.76. The Morgan fingerprint density at radius 3 is 1.91 bits per heavy atom. The molecule has 1 N–H and O–H groups in total. The first-order valence-corrected chi connectivity index (χ1v) is 8.73. The highest BCUT2D eigenvalue weighted by atomic mass is 79.9. The summed E-state index contributed by atoms with van der Waals surface area (Å²) in [4.78, 5) is 25.3. The molecule has 0 unspecified atom stereocenters. The molecule has 0 saturated carbocycles. The molecule has 0 fully saturated rings. The van der Waals surface area contributed by atoms with Gasteiger partial charge < -0.3 is 10.1 Å². The first kappa shape index (κ1) is 19.8. The normalized spacial score (nSPS) is 17.0. The van der Waals surface area contributed by atoms with E-state index in [4.69, 9.17) is 4.74 Å². The van der Waals surface area contributed by atoms with E-state index in [1.165, 1.54) is 4.90 Å². The molecule has 0 radical (unpaired) electrons. The number of nitrogens with zero attached hydrogens (tertiary/aromatic N) is 1. The predicted octanol–water partition coefficient (Wildman–Crippen LogP) is 2.65. The van der Waals surface area contributed by atoms with E-state index in [1.54, 1.807) is 0 Å². The minimum absolute atomic E-state index is 0.0394. The van der Waals surface area contributed by atoms with Crippen molar-refractivity contribution in [3.8, 4) is 0 Å². The first-order valence-electron chi connectivity index (χ1n) is 7.14. The van der Waals surface area contributed by atoms with Crippen LogP contribution >= 0.6 is 31.9 Å². The van der Waals surface area contributed by atoms with Crippen molar-refractivity contribution in [1.29, 1.82) is 0 Å². The largest absolute Gasteiger partial charge is 0.380 e. The Labute approximate surface area is 149 Å². The van der Waals surface area contributed by atoms with Crippen molar-refractivity contribution in [2.75, 3.05) is 33.4 Å². The third-order valence-corrected chi connectivity index (χ3v) is 5.29. The van der Waals surface area contributed by atoms with Gasteiger partial charge in [0.05, 0.1) is 13.2 Å². The Hall–Kier alpha value is -0.240. The molecule has 0 atom stereocenters. The highest BCUT2D eigenvalue weighted by Gasteiger charge is 2.39. The van der Waals surface area contributed by atoms with Gasteiger partial charge in [-0.25, -0.2) is 0 Å². The van der Waals surface area contributed by atoms with Crippen molar-refractivity contribution >= 4 is 43.7 Å². The molecule has 0 saturated heterocycles. The standard InChI is InChI=1S/C15H24Br2N2O3/c1-14(2,6-18-5)8-22-9-15(3,4)7-19-12(20)10(16)11(17)13(19)21/h18H,6-9H2,1-5H3. The topological polar surface area (TPSA) is 58.6 Å². The maximum Gasteiger partial charge on any atom is 0.269 e. The van der Waals surface area contributed by atoms with Crippen LogP contribution in [0.2, 0.25) is 0 Å². The molecule has 0 spiro atoms. The fraction of sp³-hybridized carbons (Fsp3) is 0.733. The summed E-state index contributed by atoms with van der Waals surface area (Å²) in [6, 6.07) is 0. The number of carbonyl (C=O) groups is 2. The lowest BCUT2D eigenvalue weighted by Gasteiger charge is -2.31. The minimum atomic E-state index is -0.314. The van der Waals surface area contributed by atoms with Gasteiger partial charge in [-0.15, -0.1) is 0 Å². The number of carbonyl (C=O) groups excluding carboxylic acids is 2. The molecule has 0 aromatic rings. The van der Waals surface area contributed by atoms with Gasteiger partial charge in [-0.2, -0.15) is 0 Å². The molecule has 0 aliphatic carbocycles. The number of nitrogens with one attached hydrogen (secondary N) is 1. The van der Waals surface area contributed by atoms with E-state index in [0.29, 0.717) is 19.8 Å². The van der Waals surface area contributed by atoms with E-state index in [0.717, 1.165) is 6.54 Å². The van der Waals surface area contributed by atoms with Gasteiger partial charge in [0.2, 0.25) is 0 Å². The smallest absolute Gasteiger partial charge is 0.269 e.